The van der Waals surface area contributed by atoms with Crippen molar-refractivity contribution < 1.29 is 15.0 Å². The first kappa shape index (κ1) is 25.0. The van der Waals surface area contributed by atoms with Gasteiger partial charge in [0.05, 0.1) is 12.0 Å². The van der Waals surface area contributed by atoms with E-state index in [1.807, 2.05) is 6.20 Å². The van der Waals surface area contributed by atoms with Crippen molar-refractivity contribution in [2.24, 2.45) is 0 Å². The average molecular weight is 435 g/mol. The molecule has 2 aromatic rings. The second-order valence-corrected chi connectivity index (χ2v) is 8.30. The maximum absolute atomic E-state index is 10.9. The average Bonchev–Trinajstić information content (AvgIpc) is 3.43. The van der Waals surface area contributed by atoms with Gasteiger partial charge in [-0.05, 0) is 12.8 Å². The molecule has 31 heavy (non-hydrogen) atoms. The normalized spacial score (nSPS) is 13.4. The number of aliphatic carboxylic acids is 1. The number of nitrogens with one attached hydrogen (secondary N) is 1. The monoisotopic (exact) mass is 434 g/mol. The van der Waals surface area contributed by atoms with Crippen molar-refractivity contribution in [1.82, 2.24) is 30.2 Å². The number of carboxylic acid groups (broad SMARTS) is 1. The fourth-order valence-corrected chi connectivity index (χ4v) is 3.95. The minimum absolute atomic E-state index is 0.0942. The lowest BCUT2D eigenvalue weighted by atomic mass is 9.93. The summed E-state index contributed by atoms with van der Waals surface area (Å²) in [6, 6.07) is 0. The van der Waals surface area contributed by atoms with Crippen molar-refractivity contribution >= 4 is 5.97 Å². The molecule has 9 heteroatoms. The molecule has 0 bridgehead atoms. The van der Waals surface area contributed by atoms with E-state index in [2.05, 4.69) is 37.1 Å². The number of carbonyl (C=O) groups is 1. The molecule has 9 nitrogen and oxygen atoms in total. The van der Waals surface area contributed by atoms with E-state index in [0.717, 1.165) is 18.8 Å². The highest BCUT2D eigenvalue weighted by Crippen LogP contribution is 2.25. The van der Waals surface area contributed by atoms with Gasteiger partial charge in [0.25, 0.3) is 0 Å². The second-order valence-electron chi connectivity index (χ2n) is 8.30. The molecule has 0 aliphatic carbocycles. The number of hydrogen-bond acceptors (Lipinski definition) is 6. The first-order valence-electron chi connectivity index (χ1n) is 11.7. The number of aromatic nitrogens is 6. The van der Waals surface area contributed by atoms with Crippen molar-refractivity contribution in [3.8, 4) is 0 Å². The quantitative estimate of drug-likeness (QED) is 0.304. The van der Waals surface area contributed by atoms with E-state index in [4.69, 9.17) is 5.11 Å². The molecular weight excluding hydrogens is 396 g/mol. The number of aromatic amines is 1. The number of rotatable bonds is 18. The number of aliphatic hydroxyl groups excluding tert-OH is 1. The van der Waals surface area contributed by atoms with Crippen LogP contribution < -0.4 is 0 Å². The Morgan fingerprint density at radius 1 is 1.10 bits per heavy atom. The molecule has 2 rings (SSSR count). The lowest BCUT2D eigenvalue weighted by Crippen LogP contribution is -2.25. The third-order valence-corrected chi connectivity index (χ3v) is 5.74. The molecule has 0 spiro atoms. The fraction of sp³-hybridized carbons (Fsp3) is 0.773. The predicted octanol–water partition coefficient (Wildman–Crippen LogP) is 3.87. The summed E-state index contributed by atoms with van der Waals surface area (Å²) in [7, 11) is 0. The Morgan fingerprint density at radius 3 is 2.39 bits per heavy atom. The first-order valence-corrected chi connectivity index (χ1v) is 11.7. The van der Waals surface area contributed by atoms with E-state index < -0.39 is 12.1 Å². The zero-order chi connectivity index (χ0) is 22.3. The van der Waals surface area contributed by atoms with E-state index in [1.165, 1.54) is 57.8 Å². The van der Waals surface area contributed by atoms with Gasteiger partial charge < -0.3 is 14.8 Å². The number of aryl methyl sites for hydroxylation is 1. The molecule has 3 N–H and O–H groups in total. The highest BCUT2D eigenvalue weighted by molar-refractivity contribution is 5.66. The summed E-state index contributed by atoms with van der Waals surface area (Å²) >= 11 is 0. The van der Waals surface area contributed by atoms with E-state index in [0.29, 0.717) is 12.2 Å². The van der Waals surface area contributed by atoms with Crippen LogP contribution in [0.3, 0.4) is 0 Å². The Morgan fingerprint density at radius 2 is 1.77 bits per heavy atom. The molecule has 0 aliphatic rings. The number of imidazole rings is 1. The molecule has 0 saturated carbocycles. The SMILES string of the molecule is CCCCCCCCCCCCn1ccnc1C(Cc1nn[nH]n1)C(O)CCC(=O)O. The minimum Gasteiger partial charge on any atom is -0.481 e. The predicted molar refractivity (Wildman–Crippen MR) is 118 cm³/mol. The molecule has 0 amide bonds. The van der Waals surface area contributed by atoms with E-state index in [9.17, 15) is 9.90 Å². The van der Waals surface area contributed by atoms with Gasteiger partial charge in [-0.25, -0.2) is 4.98 Å². The van der Waals surface area contributed by atoms with Crippen LogP contribution in [0.1, 0.15) is 102 Å². The molecule has 0 aliphatic heterocycles. The first-order chi connectivity index (χ1) is 15.1. The number of aliphatic hydroxyl groups is 1. The number of nitrogens with zero attached hydrogens (tertiary/aromatic N) is 5. The maximum Gasteiger partial charge on any atom is 0.303 e. The Balaban J connectivity index is 1.82. The molecule has 2 aromatic heterocycles. The van der Waals surface area contributed by atoms with Crippen molar-refractivity contribution in [2.45, 2.75) is 109 Å². The molecule has 2 atom stereocenters. The van der Waals surface area contributed by atoms with Gasteiger partial charge in [-0.15, -0.1) is 10.2 Å². The molecule has 174 valence electrons. The van der Waals surface area contributed by atoms with Gasteiger partial charge >= 0.3 is 5.97 Å². The van der Waals surface area contributed by atoms with Crippen molar-refractivity contribution in [2.75, 3.05) is 0 Å². The Hall–Kier alpha value is -2.29. The number of unbranched alkanes of at least 4 members (excludes halogenated alkanes) is 9. The summed E-state index contributed by atoms with van der Waals surface area (Å²) in [4.78, 5) is 15.4. The lowest BCUT2D eigenvalue weighted by molar-refractivity contribution is -0.137. The van der Waals surface area contributed by atoms with Crippen LogP contribution in [0.15, 0.2) is 12.4 Å². The Bertz CT molecular complexity index is 719. The lowest BCUT2D eigenvalue weighted by Gasteiger charge is -2.22. The summed E-state index contributed by atoms with van der Waals surface area (Å²) in [5.41, 5.74) is 0. The fourth-order valence-electron chi connectivity index (χ4n) is 3.95. The van der Waals surface area contributed by atoms with E-state index >= 15 is 0 Å². The van der Waals surface area contributed by atoms with Crippen LogP contribution in [0.2, 0.25) is 0 Å². The summed E-state index contributed by atoms with van der Waals surface area (Å²) in [5.74, 6) is -0.0763. The third-order valence-electron chi connectivity index (χ3n) is 5.74. The van der Waals surface area contributed by atoms with E-state index in [1.54, 1.807) is 6.20 Å². The van der Waals surface area contributed by atoms with Gasteiger partial charge in [-0.1, -0.05) is 69.9 Å². The number of hydrogen-bond donors (Lipinski definition) is 3. The maximum atomic E-state index is 10.9. The van der Waals surface area contributed by atoms with E-state index in [-0.39, 0.29) is 18.8 Å². The molecule has 2 unspecified atom stereocenters. The van der Waals surface area contributed by atoms with Crippen molar-refractivity contribution in [3.63, 3.8) is 0 Å². The Kier molecular flexibility index (Phi) is 11.8. The largest absolute Gasteiger partial charge is 0.481 e. The molecule has 0 saturated heterocycles. The molecule has 2 heterocycles. The zero-order valence-electron chi connectivity index (χ0n) is 18.7. The molecular formula is C22H38N6O3. The summed E-state index contributed by atoms with van der Waals surface area (Å²) in [6.07, 6.45) is 16.0. The summed E-state index contributed by atoms with van der Waals surface area (Å²) in [5, 5.41) is 33.6. The van der Waals surface area contributed by atoms with Gasteiger partial charge in [-0.3, -0.25) is 4.79 Å². The standard InChI is InChI=1S/C22H38N6O3/c1-2-3-4-5-6-7-8-9-10-11-15-28-16-14-23-22(28)18(17-20-24-26-27-25-20)19(29)12-13-21(30)31/h14,16,18-19,29H,2-13,15,17H2,1H3,(H,30,31)(H,24,25,26,27). The van der Waals surface area contributed by atoms with Crippen molar-refractivity contribution in [1.29, 1.82) is 0 Å². The zero-order valence-corrected chi connectivity index (χ0v) is 18.7. The van der Waals surface area contributed by atoms with Crippen LogP contribution in [0.25, 0.3) is 0 Å². The third kappa shape index (κ3) is 9.59. The van der Waals surface area contributed by atoms with Crippen LogP contribution in [0.4, 0.5) is 0 Å². The smallest absolute Gasteiger partial charge is 0.303 e. The minimum atomic E-state index is -0.925. The molecule has 0 aromatic carbocycles. The van der Waals surface area contributed by atoms with Crippen LogP contribution in [-0.2, 0) is 17.8 Å². The summed E-state index contributed by atoms with van der Waals surface area (Å²) in [6.45, 7) is 3.08. The molecule has 0 fully saturated rings. The van der Waals surface area contributed by atoms with Crippen LogP contribution >= 0.6 is 0 Å². The van der Waals surface area contributed by atoms with Gasteiger partial charge in [0, 0.05) is 31.8 Å². The van der Waals surface area contributed by atoms with Crippen molar-refractivity contribution in [3.05, 3.63) is 24.0 Å². The topological polar surface area (TPSA) is 130 Å². The van der Waals surface area contributed by atoms with Gasteiger partial charge in [0.15, 0.2) is 5.82 Å². The number of tetrazole rings is 1. The number of H-pyrrole nitrogens is 1. The van der Waals surface area contributed by atoms with Crippen LogP contribution in [0, 0.1) is 0 Å². The second kappa shape index (κ2) is 14.7. The van der Waals surface area contributed by atoms with Crippen LogP contribution in [0.5, 0.6) is 0 Å². The highest BCUT2D eigenvalue weighted by atomic mass is 16.4. The number of carboxylic acids is 1. The summed E-state index contributed by atoms with van der Waals surface area (Å²) < 4.78 is 2.07. The Labute approximate surface area is 184 Å². The van der Waals surface area contributed by atoms with Gasteiger partial charge in [-0.2, -0.15) is 5.21 Å². The van der Waals surface area contributed by atoms with Gasteiger partial charge in [0.2, 0.25) is 0 Å². The van der Waals surface area contributed by atoms with Gasteiger partial charge in [0.1, 0.15) is 5.82 Å². The highest BCUT2D eigenvalue weighted by Gasteiger charge is 2.27. The van der Waals surface area contributed by atoms with Crippen LogP contribution in [-0.4, -0.2) is 52.5 Å². The molecule has 0 radical (unpaired) electrons.